The second-order valence-corrected chi connectivity index (χ2v) is 6.61. The van der Waals surface area contributed by atoms with Crippen molar-refractivity contribution in [2.45, 2.75) is 31.3 Å². The standard InChI is InChI=1S/C13H11Cl3O2/c14-8-7-6-4-1-2-5(3-4)12(6)18-13(7)10(16)9(15)11(8)17/h4-6,12,17H,1-3H2/t4-,5+,6-,12-/m0/s1. The Morgan fingerprint density at radius 3 is 2.50 bits per heavy atom. The Morgan fingerprint density at radius 1 is 1.00 bits per heavy atom. The summed E-state index contributed by atoms with van der Waals surface area (Å²) >= 11 is 18.4. The molecule has 0 aromatic heterocycles. The number of halogens is 3. The first-order chi connectivity index (χ1) is 8.59. The van der Waals surface area contributed by atoms with Crippen LogP contribution in [0, 0.1) is 11.8 Å². The van der Waals surface area contributed by atoms with Gasteiger partial charge in [0.05, 0.1) is 5.02 Å². The third-order valence-corrected chi connectivity index (χ3v) is 5.92. The zero-order valence-electron chi connectivity index (χ0n) is 9.42. The maximum atomic E-state index is 9.94. The summed E-state index contributed by atoms with van der Waals surface area (Å²) < 4.78 is 6.00. The quantitative estimate of drug-likeness (QED) is 0.708. The molecule has 4 atom stereocenters. The third kappa shape index (κ3) is 1.22. The molecule has 0 saturated heterocycles. The third-order valence-electron chi connectivity index (χ3n) is 4.72. The Bertz CT molecular complexity index is 558. The zero-order chi connectivity index (χ0) is 12.6. The number of rotatable bonds is 0. The van der Waals surface area contributed by atoms with Gasteiger partial charge in [0.15, 0.2) is 5.75 Å². The van der Waals surface area contributed by atoms with E-state index in [2.05, 4.69) is 0 Å². The SMILES string of the molecule is Oc1c(Cl)c(Cl)c2c(c1Cl)[C@@H]1[C@H]3CC[C@H](C3)[C@@H]1O2. The summed E-state index contributed by atoms with van der Waals surface area (Å²) in [5.41, 5.74) is 0.876. The highest BCUT2D eigenvalue weighted by molar-refractivity contribution is 6.46. The highest BCUT2D eigenvalue weighted by Crippen LogP contribution is 2.64. The van der Waals surface area contributed by atoms with Crippen molar-refractivity contribution < 1.29 is 9.84 Å². The van der Waals surface area contributed by atoms with Crippen LogP contribution in [0.15, 0.2) is 0 Å². The molecule has 2 bridgehead atoms. The van der Waals surface area contributed by atoms with E-state index >= 15 is 0 Å². The van der Waals surface area contributed by atoms with Crippen LogP contribution in [0.1, 0.15) is 30.7 Å². The lowest BCUT2D eigenvalue weighted by Crippen LogP contribution is -2.25. The molecule has 1 aromatic carbocycles. The average molecular weight is 306 g/mol. The lowest BCUT2D eigenvalue weighted by atomic mass is 9.83. The van der Waals surface area contributed by atoms with Crippen molar-refractivity contribution in [3.8, 4) is 11.5 Å². The normalized spacial score (nSPS) is 35.5. The first kappa shape index (κ1) is 11.5. The summed E-state index contributed by atoms with van der Waals surface area (Å²) in [5, 5.41) is 10.6. The largest absolute Gasteiger partial charge is 0.505 e. The van der Waals surface area contributed by atoms with Crippen molar-refractivity contribution in [3.63, 3.8) is 0 Å². The van der Waals surface area contributed by atoms with Crippen LogP contribution in [0.25, 0.3) is 0 Å². The molecule has 1 aliphatic heterocycles. The van der Waals surface area contributed by atoms with Crippen LogP contribution in [0.5, 0.6) is 11.5 Å². The smallest absolute Gasteiger partial charge is 0.154 e. The van der Waals surface area contributed by atoms with E-state index in [-0.39, 0.29) is 22.8 Å². The lowest BCUT2D eigenvalue weighted by molar-refractivity contribution is 0.148. The molecule has 2 saturated carbocycles. The van der Waals surface area contributed by atoms with Crippen LogP contribution in [-0.4, -0.2) is 11.2 Å². The van der Waals surface area contributed by atoms with Gasteiger partial charge in [-0.15, -0.1) is 0 Å². The molecule has 18 heavy (non-hydrogen) atoms. The van der Waals surface area contributed by atoms with Crippen molar-refractivity contribution >= 4 is 34.8 Å². The number of phenolic OH excluding ortho intramolecular Hbond substituents is 1. The Hall–Kier alpha value is -0.310. The predicted octanol–water partition coefficient (Wildman–Crippen LogP) is 4.63. The van der Waals surface area contributed by atoms with Gasteiger partial charge < -0.3 is 9.84 Å². The number of fused-ring (bicyclic) bond motifs is 7. The van der Waals surface area contributed by atoms with Gasteiger partial charge in [0.1, 0.15) is 21.9 Å². The molecule has 5 heteroatoms. The molecule has 96 valence electrons. The fourth-order valence-corrected chi connectivity index (χ4v) is 4.77. The van der Waals surface area contributed by atoms with Crippen LogP contribution in [-0.2, 0) is 0 Å². The van der Waals surface area contributed by atoms with Crippen LogP contribution in [0.2, 0.25) is 15.1 Å². The number of hydrogen-bond donors (Lipinski definition) is 1. The lowest BCUT2D eigenvalue weighted by Gasteiger charge is -2.23. The van der Waals surface area contributed by atoms with Crippen molar-refractivity contribution in [3.05, 3.63) is 20.6 Å². The maximum Gasteiger partial charge on any atom is 0.154 e. The summed E-state index contributed by atoms with van der Waals surface area (Å²) in [7, 11) is 0. The van der Waals surface area contributed by atoms with Crippen molar-refractivity contribution in [1.82, 2.24) is 0 Å². The van der Waals surface area contributed by atoms with E-state index in [1.165, 1.54) is 19.3 Å². The molecule has 0 spiro atoms. The molecule has 3 aliphatic rings. The summed E-state index contributed by atoms with van der Waals surface area (Å²) in [6.07, 6.45) is 3.80. The number of ether oxygens (including phenoxy) is 1. The first-order valence-electron chi connectivity index (χ1n) is 6.15. The van der Waals surface area contributed by atoms with E-state index in [0.29, 0.717) is 27.6 Å². The number of benzene rings is 1. The van der Waals surface area contributed by atoms with Gasteiger partial charge in [0, 0.05) is 11.5 Å². The van der Waals surface area contributed by atoms with E-state index in [1.54, 1.807) is 0 Å². The number of aromatic hydroxyl groups is 1. The monoisotopic (exact) mass is 304 g/mol. The molecule has 1 heterocycles. The molecule has 0 amide bonds. The molecule has 1 N–H and O–H groups in total. The molecule has 4 rings (SSSR count). The van der Waals surface area contributed by atoms with Crippen molar-refractivity contribution in [2.24, 2.45) is 11.8 Å². The Labute approximate surface area is 120 Å². The van der Waals surface area contributed by atoms with Gasteiger partial charge >= 0.3 is 0 Å². The van der Waals surface area contributed by atoms with Gasteiger partial charge in [-0.2, -0.15) is 0 Å². The minimum atomic E-state index is -0.117. The molecule has 2 nitrogen and oxygen atoms in total. The van der Waals surface area contributed by atoms with E-state index in [9.17, 15) is 5.11 Å². The van der Waals surface area contributed by atoms with Crippen LogP contribution < -0.4 is 4.74 Å². The second-order valence-electron chi connectivity index (χ2n) is 5.47. The van der Waals surface area contributed by atoms with Gasteiger partial charge in [-0.05, 0) is 31.1 Å². The van der Waals surface area contributed by atoms with E-state index in [0.717, 1.165) is 5.56 Å². The van der Waals surface area contributed by atoms with Crippen LogP contribution >= 0.6 is 34.8 Å². The average Bonchev–Trinajstić information content (AvgIpc) is 3.03. The molecule has 1 aromatic rings. The molecule has 2 fully saturated rings. The maximum absolute atomic E-state index is 9.94. The van der Waals surface area contributed by atoms with Crippen LogP contribution in [0.3, 0.4) is 0 Å². The Balaban J connectivity index is 1.95. The van der Waals surface area contributed by atoms with Gasteiger partial charge in [-0.1, -0.05) is 34.8 Å². The minimum absolute atomic E-state index is 0.0905. The summed E-state index contributed by atoms with van der Waals surface area (Å²) in [5.74, 6) is 1.97. The number of phenols is 1. The highest BCUT2D eigenvalue weighted by Gasteiger charge is 2.55. The fourth-order valence-electron chi connectivity index (χ4n) is 4.00. The Morgan fingerprint density at radius 2 is 1.72 bits per heavy atom. The van der Waals surface area contributed by atoms with Crippen molar-refractivity contribution in [2.75, 3.05) is 0 Å². The fraction of sp³-hybridized carbons (Fsp3) is 0.538. The topological polar surface area (TPSA) is 29.5 Å². The summed E-state index contributed by atoms with van der Waals surface area (Å²) in [6, 6.07) is 0. The minimum Gasteiger partial charge on any atom is -0.505 e. The van der Waals surface area contributed by atoms with Crippen LogP contribution in [0.4, 0.5) is 0 Å². The molecular weight excluding hydrogens is 295 g/mol. The molecular formula is C13H11Cl3O2. The Kier molecular flexibility index (Phi) is 2.31. The van der Waals surface area contributed by atoms with E-state index < -0.39 is 0 Å². The van der Waals surface area contributed by atoms with Crippen molar-refractivity contribution in [1.29, 1.82) is 0 Å². The summed E-state index contributed by atoms with van der Waals surface area (Å²) in [4.78, 5) is 0. The number of hydrogen-bond acceptors (Lipinski definition) is 2. The highest BCUT2D eigenvalue weighted by atomic mass is 35.5. The molecule has 0 radical (unpaired) electrons. The van der Waals surface area contributed by atoms with E-state index in [4.69, 9.17) is 39.5 Å². The zero-order valence-corrected chi connectivity index (χ0v) is 11.7. The van der Waals surface area contributed by atoms with Gasteiger partial charge in [0.2, 0.25) is 0 Å². The molecule has 2 aliphatic carbocycles. The first-order valence-corrected chi connectivity index (χ1v) is 7.29. The summed E-state index contributed by atoms with van der Waals surface area (Å²) in [6.45, 7) is 0. The van der Waals surface area contributed by atoms with Gasteiger partial charge in [-0.3, -0.25) is 0 Å². The second kappa shape index (κ2) is 3.62. The predicted molar refractivity (Wildman–Crippen MR) is 71.1 cm³/mol. The molecule has 0 unspecified atom stereocenters. The van der Waals surface area contributed by atoms with Gasteiger partial charge in [0.25, 0.3) is 0 Å². The van der Waals surface area contributed by atoms with Gasteiger partial charge in [-0.25, -0.2) is 0 Å². The van der Waals surface area contributed by atoms with E-state index in [1.807, 2.05) is 0 Å².